The number of carbonyl (C=O) groups excluding carboxylic acids is 1. The summed E-state index contributed by atoms with van der Waals surface area (Å²) >= 11 is 0. The zero-order valence-corrected chi connectivity index (χ0v) is 17.2. The van der Waals surface area contributed by atoms with E-state index >= 15 is 0 Å². The second kappa shape index (κ2) is 8.73. The number of hydrogen-bond acceptors (Lipinski definition) is 5. The Balaban J connectivity index is 1.67. The number of aliphatic hydroxyl groups excluding tert-OH is 1. The molecule has 4 rings (SSSR count). The van der Waals surface area contributed by atoms with Crippen LogP contribution < -0.4 is 10.2 Å². The van der Waals surface area contributed by atoms with Gasteiger partial charge in [-0.05, 0) is 41.8 Å². The normalized spacial score (nSPS) is 15.8. The Kier molecular flexibility index (Phi) is 5.86. The number of hydrogen-bond donors (Lipinski definition) is 3. The van der Waals surface area contributed by atoms with Crippen LogP contribution in [-0.4, -0.2) is 40.8 Å². The fourth-order valence-electron chi connectivity index (χ4n) is 3.93. The van der Waals surface area contributed by atoms with Crippen LogP contribution in [0, 0.1) is 11.7 Å². The molecule has 0 saturated carbocycles. The van der Waals surface area contributed by atoms with Crippen LogP contribution in [0.4, 0.5) is 15.9 Å². The average Bonchev–Trinajstić information content (AvgIpc) is 3.25. The molecule has 0 aliphatic carbocycles. The number of rotatable bonds is 5. The van der Waals surface area contributed by atoms with Crippen molar-refractivity contribution in [1.82, 2.24) is 4.98 Å². The number of aromatic hydroxyl groups is 1. The van der Waals surface area contributed by atoms with Gasteiger partial charge in [0.25, 0.3) is 0 Å². The third-order valence-electron chi connectivity index (χ3n) is 5.55. The highest BCUT2D eigenvalue weighted by atomic mass is 19.1. The third kappa shape index (κ3) is 4.36. The van der Waals surface area contributed by atoms with Crippen LogP contribution >= 0.6 is 0 Å². The van der Waals surface area contributed by atoms with E-state index in [0.29, 0.717) is 16.7 Å². The van der Waals surface area contributed by atoms with Gasteiger partial charge in [0.2, 0.25) is 5.91 Å². The van der Waals surface area contributed by atoms with E-state index in [1.54, 1.807) is 24.4 Å². The van der Waals surface area contributed by atoms with Gasteiger partial charge in [-0.1, -0.05) is 24.3 Å². The van der Waals surface area contributed by atoms with E-state index in [-0.39, 0.29) is 29.9 Å². The van der Waals surface area contributed by atoms with Crippen LogP contribution in [0.5, 0.6) is 5.75 Å². The second-order valence-electron chi connectivity index (χ2n) is 7.76. The van der Waals surface area contributed by atoms with E-state index in [1.807, 2.05) is 18.2 Å². The molecule has 2 heterocycles. The highest BCUT2D eigenvalue weighted by Gasteiger charge is 2.23. The summed E-state index contributed by atoms with van der Waals surface area (Å²) in [4.78, 5) is 17.8. The van der Waals surface area contributed by atoms with E-state index in [2.05, 4.69) is 15.2 Å². The summed E-state index contributed by atoms with van der Waals surface area (Å²) in [5, 5.41) is 22.8. The first-order valence-corrected chi connectivity index (χ1v) is 10.2. The van der Waals surface area contributed by atoms with Crippen molar-refractivity contribution in [2.75, 3.05) is 29.9 Å². The molecule has 3 N–H and O–H groups in total. The zero-order chi connectivity index (χ0) is 22.0. The van der Waals surface area contributed by atoms with Crippen molar-refractivity contribution in [1.29, 1.82) is 0 Å². The van der Waals surface area contributed by atoms with Crippen molar-refractivity contribution >= 4 is 17.4 Å². The Morgan fingerprint density at radius 1 is 1.19 bits per heavy atom. The lowest BCUT2D eigenvalue weighted by Crippen LogP contribution is -2.21. The highest BCUT2D eigenvalue weighted by molar-refractivity contribution is 5.89. The number of pyridine rings is 1. The minimum absolute atomic E-state index is 0.0426. The van der Waals surface area contributed by atoms with Gasteiger partial charge in [0.05, 0.1) is 5.69 Å². The summed E-state index contributed by atoms with van der Waals surface area (Å²) in [6, 6.07) is 13.5. The van der Waals surface area contributed by atoms with Crippen LogP contribution in [0.1, 0.15) is 13.3 Å². The van der Waals surface area contributed by atoms with Gasteiger partial charge in [0.1, 0.15) is 17.4 Å². The monoisotopic (exact) mass is 421 g/mol. The molecule has 1 aliphatic rings. The van der Waals surface area contributed by atoms with Crippen molar-refractivity contribution in [2.45, 2.75) is 13.3 Å². The van der Waals surface area contributed by atoms with Crippen LogP contribution in [0.3, 0.4) is 0 Å². The second-order valence-corrected chi connectivity index (χ2v) is 7.76. The number of phenolic OH excluding ortho intramolecular Hbond substituents is 1. The third-order valence-corrected chi connectivity index (χ3v) is 5.55. The largest absolute Gasteiger partial charge is 0.507 e. The number of aliphatic hydroxyl groups is 1. The predicted molar refractivity (Wildman–Crippen MR) is 118 cm³/mol. The molecule has 160 valence electrons. The van der Waals surface area contributed by atoms with Crippen LogP contribution in [0.2, 0.25) is 0 Å². The molecule has 6 nitrogen and oxygen atoms in total. The van der Waals surface area contributed by atoms with Gasteiger partial charge < -0.3 is 20.4 Å². The topological polar surface area (TPSA) is 85.7 Å². The lowest BCUT2D eigenvalue weighted by atomic mass is 9.97. The number of nitrogens with one attached hydrogen (secondary N) is 1. The summed E-state index contributed by atoms with van der Waals surface area (Å²) in [5.41, 5.74) is 2.51. The number of aromatic nitrogens is 1. The first-order valence-electron chi connectivity index (χ1n) is 10.2. The van der Waals surface area contributed by atoms with Crippen molar-refractivity contribution in [2.24, 2.45) is 5.92 Å². The maximum Gasteiger partial charge on any atom is 0.221 e. The minimum atomic E-state index is -0.573. The van der Waals surface area contributed by atoms with Crippen molar-refractivity contribution in [3.63, 3.8) is 0 Å². The van der Waals surface area contributed by atoms with Crippen molar-refractivity contribution in [3.8, 4) is 28.0 Å². The number of anilines is 2. The van der Waals surface area contributed by atoms with E-state index in [9.17, 15) is 19.4 Å². The molecule has 7 heteroatoms. The van der Waals surface area contributed by atoms with Gasteiger partial charge in [-0.25, -0.2) is 9.37 Å². The van der Waals surface area contributed by atoms with E-state index in [1.165, 1.54) is 19.1 Å². The molecule has 3 aromatic rings. The number of benzene rings is 2. The minimum Gasteiger partial charge on any atom is -0.507 e. The number of carbonyl (C=O) groups is 1. The first-order chi connectivity index (χ1) is 15.0. The van der Waals surface area contributed by atoms with Crippen molar-refractivity contribution < 1.29 is 19.4 Å². The molecule has 1 amide bonds. The van der Waals surface area contributed by atoms with Crippen LogP contribution in [0.25, 0.3) is 22.3 Å². The summed E-state index contributed by atoms with van der Waals surface area (Å²) in [6.45, 7) is 3.06. The van der Waals surface area contributed by atoms with Crippen LogP contribution in [0.15, 0.2) is 54.7 Å². The summed E-state index contributed by atoms with van der Waals surface area (Å²) in [5.74, 6) is 0.159. The molecular formula is C24H24FN3O3. The molecule has 1 aromatic heterocycles. The van der Waals surface area contributed by atoms with Crippen molar-refractivity contribution in [3.05, 3.63) is 60.5 Å². The molecule has 31 heavy (non-hydrogen) atoms. The quantitative estimate of drug-likeness (QED) is 0.579. The molecule has 0 radical (unpaired) electrons. The lowest BCUT2D eigenvalue weighted by molar-refractivity contribution is -0.114. The van der Waals surface area contributed by atoms with Gasteiger partial charge in [-0.3, -0.25) is 4.79 Å². The maximum absolute atomic E-state index is 14.4. The number of phenols is 1. The van der Waals surface area contributed by atoms with E-state index in [4.69, 9.17) is 0 Å². The Morgan fingerprint density at radius 2 is 1.94 bits per heavy atom. The molecule has 1 aliphatic heterocycles. The molecular weight excluding hydrogens is 397 g/mol. The fourth-order valence-corrected chi connectivity index (χ4v) is 3.93. The van der Waals surface area contributed by atoms with E-state index < -0.39 is 5.82 Å². The summed E-state index contributed by atoms with van der Waals surface area (Å²) in [6.07, 6.45) is 2.62. The van der Waals surface area contributed by atoms with Crippen LogP contribution in [-0.2, 0) is 4.79 Å². The Labute approximate surface area is 180 Å². The summed E-state index contributed by atoms with van der Waals surface area (Å²) < 4.78 is 14.4. The molecule has 1 unspecified atom stereocenters. The van der Waals surface area contributed by atoms with Gasteiger partial charge in [-0.2, -0.15) is 0 Å². The molecule has 0 bridgehead atoms. The predicted octanol–water partition coefficient (Wildman–Crippen LogP) is 4.04. The van der Waals surface area contributed by atoms with Gasteiger partial charge in [0, 0.05) is 49.9 Å². The fraction of sp³-hybridized carbons (Fsp3) is 0.250. The number of nitrogens with zero attached hydrogens (tertiary/aromatic N) is 2. The highest BCUT2D eigenvalue weighted by Crippen LogP contribution is 2.39. The Bertz CT molecular complexity index is 1120. The maximum atomic E-state index is 14.4. The standard InChI is InChI=1S/C24H24FN3O3/c1-15(30)27-22-6-5-17(11-21(22)25)19-3-2-4-20(24(19)31)18-7-9-26-23(12-18)28-10-8-16(13-28)14-29/h2-7,9,11-12,16,29,31H,8,10,13-14H2,1H3,(H,27,30). The lowest BCUT2D eigenvalue weighted by Gasteiger charge is -2.18. The smallest absolute Gasteiger partial charge is 0.221 e. The number of para-hydroxylation sites is 1. The van der Waals surface area contributed by atoms with E-state index in [0.717, 1.165) is 30.9 Å². The first kappa shape index (κ1) is 20.8. The number of amides is 1. The molecule has 0 spiro atoms. The molecule has 1 saturated heterocycles. The Hall–Kier alpha value is -3.45. The summed E-state index contributed by atoms with van der Waals surface area (Å²) in [7, 11) is 0. The van der Waals surface area contributed by atoms with Gasteiger partial charge >= 0.3 is 0 Å². The number of halogens is 1. The van der Waals surface area contributed by atoms with Gasteiger partial charge in [-0.15, -0.1) is 0 Å². The molecule has 1 atom stereocenters. The molecule has 1 fully saturated rings. The SMILES string of the molecule is CC(=O)Nc1ccc(-c2cccc(-c3ccnc(N4CCC(CO)C4)c3)c2O)cc1F. The Morgan fingerprint density at radius 3 is 2.58 bits per heavy atom. The average molecular weight is 421 g/mol. The van der Waals surface area contributed by atoms with Gasteiger partial charge in [0.15, 0.2) is 0 Å². The zero-order valence-electron chi connectivity index (χ0n) is 17.2. The molecule has 2 aromatic carbocycles.